The van der Waals surface area contributed by atoms with Crippen molar-refractivity contribution in [1.82, 2.24) is 15.3 Å². The number of halogens is 2. The van der Waals surface area contributed by atoms with Gasteiger partial charge in [-0.3, -0.25) is 0 Å². The van der Waals surface area contributed by atoms with Gasteiger partial charge in [0.2, 0.25) is 11.8 Å². The van der Waals surface area contributed by atoms with Gasteiger partial charge in [0.1, 0.15) is 11.9 Å². The Morgan fingerprint density at radius 3 is 2.38 bits per heavy atom. The van der Waals surface area contributed by atoms with E-state index in [2.05, 4.69) is 31.2 Å². The Labute approximate surface area is 214 Å². The molecule has 1 aromatic heterocycles. The fourth-order valence-corrected chi connectivity index (χ4v) is 2.67. The molecular weight excluding hydrogens is 470 g/mol. The number of carboxylic acid groups (broad SMARTS) is 1. The van der Waals surface area contributed by atoms with Crippen molar-refractivity contribution in [1.29, 1.82) is 0 Å². The number of rotatable bonds is 7. The van der Waals surface area contributed by atoms with Crippen LogP contribution in [0.2, 0.25) is 10.0 Å². The average Bonchev–Trinajstić information content (AvgIpc) is 2.73. The second-order valence-corrected chi connectivity index (χ2v) is 6.86. The van der Waals surface area contributed by atoms with E-state index in [0.717, 1.165) is 6.20 Å². The van der Waals surface area contributed by atoms with Crippen LogP contribution in [0.4, 0.5) is 27.8 Å². The van der Waals surface area contributed by atoms with Gasteiger partial charge < -0.3 is 36.3 Å². The molecule has 10 nitrogen and oxygen atoms in total. The van der Waals surface area contributed by atoms with E-state index in [1.165, 1.54) is 0 Å². The Balaban J connectivity index is 0.00000363. The molecule has 0 aliphatic rings. The third-order valence-corrected chi connectivity index (χ3v) is 4.53. The van der Waals surface area contributed by atoms with E-state index in [1.807, 2.05) is 0 Å². The first-order valence-corrected chi connectivity index (χ1v) is 9.45. The molecule has 0 unspecified atom stereocenters. The van der Waals surface area contributed by atoms with Crippen LogP contribution in [-0.2, 0) is 4.79 Å². The molecule has 0 spiro atoms. The number of para-hydroxylation sites is 1. The Morgan fingerprint density at radius 1 is 1.03 bits per heavy atom. The summed E-state index contributed by atoms with van der Waals surface area (Å²) in [6.07, 6.45) is -0.387. The molecule has 3 rings (SSSR count). The van der Waals surface area contributed by atoms with Crippen LogP contribution in [0.3, 0.4) is 0 Å². The van der Waals surface area contributed by atoms with Crippen LogP contribution in [-0.4, -0.2) is 33.2 Å². The fraction of sp³-hybridized carbons (Fsp3) is 0.0526. The van der Waals surface area contributed by atoms with E-state index in [-0.39, 0.29) is 41.2 Å². The number of nitrogens with one attached hydrogen (secondary N) is 4. The molecule has 0 saturated carbocycles. The molecule has 0 saturated heterocycles. The van der Waals surface area contributed by atoms with Crippen molar-refractivity contribution in [3.63, 3.8) is 0 Å². The second-order valence-electron chi connectivity index (χ2n) is 6.05. The zero-order valence-electron chi connectivity index (χ0n) is 16.6. The minimum atomic E-state index is -1.55. The standard InChI is InChI=1S/C19H16Cl2N6O4.Na/c20-12-7-6-11(8-13(12)21)24-18-22-9-14(16(28)27-18)25-19(31)26-15(17(29)30)23-10-4-2-1-3-5-10;/h1-9,15,23H,(H,29,30)(H2,25,26,31)(H2,22,24,27,28);/q;+1/p-1/t15-;/m0./s1. The Kier molecular flexibility index (Phi) is 9.36. The number of nitrogens with zero attached hydrogens (tertiary/aromatic N) is 2. The Bertz CT molecular complexity index is 1110. The van der Waals surface area contributed by atoms with Crippen LogP contribution in [0.15, 0.2) is 54.7 Å². The van der Waals surface area contributed by atoms with Crippen LogP contribution < -0.4 is 55.9 Å². The maximum Gasteiger partial charge on any atom is 1.00 e. The van der Waals surface area contributed by atoms with Gasteiger partial charge in [0, 0.05) is 11.4 Å². The minimum absolute atomic E-state index is 0. The number of carbonyl (C=O) groups excluding carboxylic acids is 2. The summed E-state index contributed by atoms with van der Waals surface area (Å²) < 4.78 is 0. The first-order valence-electron chi connectivity index (χ1n) is 8.70. The molecule has 3 aromatic rings. The summed E-state index contributed by atoms with van der Waals surface area (Å²) in [4.78, 5) is 31.3. The summed E-state index contributed by atoms with van der Waals surface area (Å²) in [5.41, 5.74) is 0.839. The van der Waals surface area contributed by atoms with E-state index in [1.54, 1.807) is 48.5 Å². The monoisotopic (exact) mass is 484 g/mol. The maximum atomic E-state index is 12.2. The molecule has 0 radical (unpaired) electrons. The summed E-state index contributed by atoms with van der Waals surface area (Å²) >= 11 is 11.8. The van der Waals surface area contributed by atoms with Crippen molar-refractivity contribution in [3.05, 3.63) is 64.8 Å². The smallest absolute Gasteiger partial charge is 0.546 e. The number of aromatic hydroxyl groups is 1. The van der Waals surface area contributed by atoms with E-state index in [4.69, 9.17) is 23.2 Å². The van der Waals surface area contributed by atoms with Gasteiger partial charge in [-0.05, 0) is 30.3 Å². The number of aromatic nitrogens is 2. The minimum Gasteiger partial charge on any atom is -0.546 e. The van der Waals surface area contributed by atoms with Crippen LogP contribution in [0.5, 0.6) is 5.88 Å². The number of amides is 2. The number of benzene rings is 2. The predicted octanol–water partition coefficient (Wildman–Crippen LogP) is -0.454. The van der Waals surface area contributed by atoms with Gasteiger partial charge in [-0.15, -0.1) is 0 Å². The van der Waals surface area contributed by atoms with Gasteiger partial charge >= 0.3 is 35.6 Å². The fourth-order valence-electron chi connectivity index (χ4n) is 2.37. The largest absolute Gasteiger partial charge is 1.00 e. The van der Waals surface area contributed by atoms with E-state index >= 15 is 0 Å². The quantitative estimate of drug-likeness (QED) is 0.223. The van der Waals surface area contributed by atoms with Crippen molar-refractivity contribution in [2.24, 2.45) is 0 Å². The van der Waals surface area contributed by atoms with Crippen molar-refractivity contribution in [2.75, 3.05) is 16.0 Å². The van der Waals surface area contributed by atoms with Gasteiger partial charge in [0.25, 0.3) is 0 Å². The molecule has 160 valence electrons. The van der Waals surface area contributed by atoms with Gasteiger partial charge in [0.05, 0.1) is 22.2 Å². The predicted molar refractivity (Wildman–Crippen MR) is 114 cm³/mol. The molecule has 0 bridgehead atoms. The average molecular weight is 485 g/mol. The molecule has 0 aliphatic heterocycles. The maximum absolute atomic E-state index is 12.2. The van der Waals surface area contributed by atoms with Crippen molar-refractivity contribution >= 4 is 58.2 Å². The summed E-state index contributed by atoms with van der Waals surface area (Å²) in [5.74, 6) is -2.07. The van der Waals surface area contributed by atoms with Crippen LogP contribution in [0.25, 0.3) is 0 Å². The SMILES string of the molecule is O=C(Nc1cnc(Nc2ccc(Cl)c(Cl)c2)nc1O)N[C@H](Nc1ccccc1)C(=O)[O-].[Na+]. The normalized spacial score (nSPS) is 10.9. The number of anilines is 4. The second kappa shape index (κ2) is 11.7. The first kappa shape index (κ1) is 25.5. The van der Waals surface area contributed by atoms with Gasteiger partial charge in [-0.2, -0.15) is 4.98 Å². The molecule has 13 heteroatoms. The molecule has 1 heterocycles. The topological polar surface area (TPSA) is 151 Å². The van der Waals surface area contributed by atoms with E-state index < -0.39 is 24.0 Å². The molecule has 2 aromatic carbocycles. The molecular formula is C19H15Cl2N6NaO4. The number of carbonyl (C=O) groups is 2. The molecule has 0 aliphatic carbocycles. The third kappa shape index (κ3) is 7.14. The molecule has 0 fully saturated rings. The molecule has 2 amide bonds. The van der Waals surface area contributed by atoms with Crippen molar-refractivity contribution in [3.8, 4) is 5.88 Å². The van der Waals surface area contributed by atoms with Crippen molar-refractivity contribution < 1.29 is 49.4 Å². The van der Waals surface area contributed by atoms with E-state index in [0.29, 0.717) is 21.4 Å². The number of urea groups is 1. The first-order chi connectivity index (χ1) is 14.8. The van der Waals surface area contributed by atoms with Gasteiger partial charge in [-0.25, -0.2) is 9.78 Å². The number of hydrogen-bond donors (Lipinski definition) is 5. The van der Waals surface area contributed by atoms with Gasteiger partial charge in [-0.1, -0.05) is 41.4 Å². The van der Waals surface area contributed by atoms with Crippen LogP contribution in [0.1, 0.15) is 0 Å². The van der Waals surface area contributed by atoms with E-state index in [9.17, 15) is 19.8 Å². The Hall–Kier alpha value is -2.76. The summed E-state index contributed by atoms with van der Waals surface area (Å²) in [5, 5.41) is 31.9. The molecule has 1 atom stereocenters. The third-order valence-electron chi connectivity index (χ3n) is 3.79. The van der Waals surface area contributed by atoms with Crippen LogP contribution >= 0.6 is 23.2 Å². The summed E-state index contributed by atoms with van der Waals surface area (Å²) in [7, 11) is 0. The molecule has 5 N–H and O–H groups in total. The molecule has 32 heavy (non-hydrogen) atoms. The Morgan fingerprint density at radius 2 is 1.75 bits per heavy atom. The van der Waals surface area contributed by atoms with Gasteiger partial charge in [0.15, 0.2) is 0 Å². The summed E-state index contributed by atoms with van der Waals surface area (Å²) in [6.45, 7) is 0. The zero-order chi connectivity index (χ0) is 22.4. The summed E-state index contributed by atoms with van der Waals surface area (Å²) in [6, 6.07) is 12.2. The number of hydrogen-bond acceptors (Lipinski definition) is 8. The van der Waals surface area contributed by atoms with Crippen LogP contribution in [0, 0.1) is 0 Å². The van der Waals surface area contributed by atoms with Crippen molar-refractivity contribution in [2.45, 2.75) is 6.17 Å². The number of carboxylic acids is 1. The zero-order valence-corrected chi connectivity index (χ0v) is 20.1. The number of aliphatic carboxylic acids is 1.